The molecule has 0 bridgehead atoms. The lowest BCUT2D eigenvalue weighted by atomic mass is 9.80. The lowest BCUT2D eigenvalue weighted by Crippen LogP contribution is -3.00. The van der Waals surface area contributed by atoms with Crippen molar-refractivity contribution in [1.82, 2.24) is 0 Å². The molecule has 3 aliphatic rings. The Hall–Kier alpha value is -1.31. The number of benzene rings is 1. The largest absolute Gasteiger partial charge is 1.00 e. The van der Waals surface area contributed by atoms with Crippen molar-refractivity contribution in [2.75, 3.05) is 6.79 Å². The summed E-state index contributed by atoms with van der Waals surface area (Å²) in [6.45, 7) is 0.905. The van der Waals surface area contributed by atoms with Gasteiger partial charge in [-0.05, 0) is 23.8 Å². The number of aliphatic hydroxyl groups excluding tert-OH is 3. The minimum absolute atomic E-state index is 0. The average Bonchev–Trinajstić information content (AvgIpc) is 2.90. The predicted octanol–water partition coefficient (Wildman–Crippen LogP) is -4.66. The highest BCUT2D eigenvalue weighted by Gasteiger charge is 2.43. The zero-order chi connectivity index (χ0) is 13.9. The number of quaternary nitrogens is 1. The van der Waals surface area contributed by atoms with E-state index in [0.29, 0.717) is 12.3 Å². The maximum Gasteiger partial charge on any atom is 0.231 e. The van der Waals surface area contributed by atoms with Crippen LogP contribution in [-0.2, 0) is 6.54 Å². The first-order valence-corrected chi connectivity index (χ1v) is 6.67. The molecule has 0 aromatic heterocycles. The van der Waals surface area contributed by atoms with Gasteiger partial charge in [0.15, 0.2) is 11.5 Å². The zero-order valence-electron chi connectivity index (χ0n) is 11.1. The van der Waals surface area contributed by atoms with Gasteiger partial charge in [0, 0.05) is 11.1 Å². The third-order valence-electron chi connectivity index (χ3n) is 4.28. The van der Waals surface area contributed by atoms with Gasteiger partial charge < -0.3 is 42.5 Å². The van der Waals surface area contributed by atoms with Gasteiger partial charge in [-0.25, -0.2) is 0 Å². The summed E-state index contributed by atoms with van der Waals surface area (Å²) in [5, 5.41) is 31.7. The van der Waals surface area contributed by atoms with Crippen molar-refractivity contribution in [1.29, 1.82) is 0 Å². The fourth-order valence-electron chi connectivity index (χ4n) is 3.20. The molecule has 1 aliphatic carbocycles. The molecule has 0 saturated carbocycles. The molecule has 4 rings (SSSR count). The molecule has 0 saturated heterocycles. The zero-order valence-corrected chi connectivity index (χ0v) is 11.8. The number of hydrogen-bond acceptors (Lipinski definition) is 5. The topological polar surface area (TPSA) is 95.8 Å². The number of ether oxygens (including phenoxy) is 2. The SMILES string of the molecule is O[C@@H]1[C@H](O)[C@@H](O)C=C2c3cc4c(cc3C[NH2+][C@H]21)OCO4.[Cl-]. The summed E-state index contributed by atoms with van der Waals surface area (Å²) in [4.78, 5) is 0. The van der Waals surface area contributed by atoms with Crippen LogP contribution in [0.25, 0.3) is 5.57 Å². The van der Waals surface area contributed by atoms with Crippen molar-refractivity contribution < 1.29 is 42.5 Å². The predicted molar refractivity (Wildman–Crippen MR) is 68.0 cm³/mol. The number of hydrogen-bond donors (Lipinski definition) is 4. The Morgan fingerprint density at radius 2 is 1.76 bits per heavy atom. The van der Waals surface area contributed by atoms with Crippen LogP contribution in [0.5, 0.6) is 11.5 Å². The van der Waals surface area contributed by atoms with Crippen LogP contribution in [0, 0.1) is 0 Å². The molecule has 2 aliphatic heterocycles. The van der Waals surface area contributed by atoms with Gasteiger partial charge in [0.2, 0.25) is 6.79 Å². The van der Waals surface area contributed by atoms with Crippen molar-refractivity contribution in [3.63, 3.8) is 0 Å². The summed E-state index contributed by atoms with van der Waals surface area (Å²) in [6, 6.07) is 3.57. The molecule has 0 fully saturated rings. The molecular formula is C14H16ClNO5. The van der Waals surface area contributed by atoms with Gasteiger partial charge in [-0.3, -0.25) is 0 Å². The van der Waals surface area contributed by atoms with E-state index in [4.69, 9.17) is 9.47 Å². The van der Waals surface area contributed by atoms with E-state index in [0.717, 1.165) is 22.4 Å². The monoisotopic (exact) mass is 313 g/mol. The van der Waals surface area contributed by atoms with Crippen LogP contribution in [0.2, 0.25) is 0 Å². The second-order valence-corrected chi connectivity index (χ2v) is 5.42. The molecule has 0 amide bonds. The van der Waals surface area contributed by atoms with Crippen molar-refractivity contribution >= 4 is 5.57 Å². The van der Waals surface area contributed by atoms with E-state index in [-0.39, 0.29) is 25.2 Å². The fraction of sp³-hybridized carbons (Fsp3) is 0.429. The van der Waals surface area contributed by atoms with Gasteiger partial charge in [-0.2, -0.15) is 0 Å². The molecule has 0 spiro atoms. The molecule has 5 N–H and O–H groups in total. The van der Waals surface area contributed by atoms with Gasteiger partial charge in [-0.15, -0.1) is 0 Å². The van der Waals surface area contributed by atoms with Gasteiger partial charge in [0.1, 0.15) is 30.9 Å². The lowest BCUT2D eigenvalue weighted by molar-refractivity contribution is -0.702. The van der Waals surface area contributed by atoms with Crippen LogP contribution >= 0.6 is 0 Å². The minimum atomic E-state index is -1.14. The van der Waals surface area contributed by atoms with Gasteiger partial charge in [-0.1, -0.05) is 0 Å². The van der Waals surface area contributed by atoms with Gasteiger partial charge in [0.05, 0.1) is 0 Å². The summed E-state index contributed by atoms with van der Waals surface area (Å²) >= 11 is 0. The first-order valence-electron chi connectivity index (χ1n) is 6.67. The van der Waals surface area contributed by atoms with Crippen molar-refractivity contribution in [2.24, 2.45) is 0 Å². The Kier molecular flexibility index (Phi) is 3.59. The quantitative estimate of drug-likeness (QED) is 0.386. The molecule has 4 atom stereocenters. The smallest absolute Gasteiger partial charge is 0.231 e. The highest BCUT2D eigenvalue weighted by atomic mass is 35.5. The Bertz CT molecular complexity index is 605. The molecular weight excluding hydrogens is 298 g/mol. The number of rotatable bonds is 0. The van der Waals surface area contributed by atoms with Crippen LogP contribution in [-0.4, -0.2) is 46.5 Å². The van der Waals surface area contributed by atoms with E-state index in [2.05, 4.69) is 0 Å². The van der Waals surface area contributed by atoms with Crippen LogP contribution in [0.4, 0.5) is 0 Å². The van der Waals surface area contributed by atoms with Crippen LogP contribution < -0.4 is 27.2 Å². The molecule has 21 heavy (non-hydrogen) atoms. The molecule has 1 aromatic carbocycles. The number of aliphatic hydroxyl groups is 3. The second-order valence-electron chi connectivity index (χ2n) is 5.42. The Labute approximate surface area is 127 Å². The highest BCUT2D eigenvalue weighted by molar-refractivity contribution is 5.76. The number of halogens is 1. The summed E-state index contributed by atoms with van der Waals surface area (Å²) in [6.07, 6.45) is -1.56. The molecule has 6 nitrogen and oxygen atoms in total. The van der Waals surface area contributed by atoms with Gasteiger partial charge >= 0.3 is 0 Å². The standard InChI is InChI=1S/C14H15NO5.ClH/c16-9-2-8-7-3-11-10(19-5-20-11)1-6(7)4-15-12(8)14(18)13(9)17;/h1-3,9,12-18H,4-5H2;1H/t9-,12+,13+,14-;/m0./s1. The molecule has 7 heteroatoms. The first kappa shape index (κ1) is 14.6. The maximum atomic E-state index is 10.1. The first-order chi connectivity index (χ1) is 9.65. The number of nitrogens with two attached hydrogens (primary N) is 1. The summed E-state index contributed by atoms with van der Waals surface area (Å²) in [5.41, 5.74) is 2.87. The lowest BCUT2D eigenvalue weighted by Gasteiger charge is -2.36. The van der Waals surface area contributed by atoms with Crippen molar-refractivity contribution in [3.8, 4) is 11.5 Å². The average molecular weight is 314 g/mol. The van der Waals surface area contributed by atoms with Crippen LogP contribution in [0.1, 0.15) is 11.1 Å². The molecule has 0 radical (unpaired) electrons. The van der Waals surface area contributed by atoms with Crippen LogP contribution in [0.3, 0.4) is 0 Å². The summed E-state index contributed by atoms with van der Waals surface area (Å²) in [5.74, 6) is 1.41. The second kappa shape index (κ2) is 5.15. The van der Waals surface area contributed by atoms with E-state index in [1.807, 2.05) is 17.4 Å². The summed E-state index contributed by atoms with van der Waals surface area (Å²) in [7, 11) is 0. The fourth-order valence-corrected chi connectivity index (χ4v) is 3.20. The summed E-state index contributed by atoms with van der Waals surface area (Å²) < 4.78 is 10.8. The number of fused-ring (bicyclic) bond motifs is 4. The van der Waals surface area contributed by atoms with E-state index < -0.39 is 18.3 Å². The Morgan fingerprint density at radius 3 is 2.52 bits per heavy atom. The maximum absolute atomic E-state index is 10.1. The van der Waals surface area contributed by atoms with Crippen LogP contribution in [0.15, 0.2) is 18.2 Å². The van der Waals surface area contributed by atoms with E-state index >= 15 is 0 Å². The normalized spacial score (nSPS) is 32.6. The third kappa shape index (κ3) is 2.11. The molecule has 2 heterocycles. The molecule has 0 unspecified atom stereocenters. The van der Waals surface area contributed by atoms with Crippen molar-refractivity contribution in [2.45, 2.75) is 30.9 Å². The van der Waals surface area contributed by atoms with E-state index in [1.54, 1.807) is 6.08 Å². The highest BCUT2D eigenvalue weighted by Crippen LogP contribution is 2.40. The third-order valence-corrected chi connectivity index (χ3v) is 4.28. The molecule has 1 aromatic rings. The Morgan fingerprint density at radius 1 is 1.05 bits per heavy atom. The van der Waals surface area contributed by atoms with Crippen molar-refractivity contribution in [3.05, 3.63) is 29.3 Å². The minimum Gasteiger partial charge on any atom is -1.00 e. The Balaban J connectivity index is 0.00000132. The molecule has 114 valence electrons. The van der Waals surface area contributed by atoms with Gasteiger partial charge in [0.25, 0.3) is 0 Å². The van der Waals surface area contributed by atoms with E-state index in [9.17, 15) is 15.3 Å². The van der Waals surface area contributed by atoms with E-state index in [1.165, 1.54) is 0 Å².